The van der Waals surface area contributed by atoms with Crippen molar-refractivity contribution in [2.24, 2.45) is 0 Å². The van der Waals surface area contributed by atoms with Crippen molar-refractivity contribution in [2.45, 2.75) is 56.5 Å². The Labute approximate surface area is 274 Å². The molecule has 0 amide bonds. The van der Waals surface area contributed by atoms with E-state index in [0.29, 0.717) is 0 Å². The predicted molar refractivity (Wildman–Crippen MR) is 176 cm³/mol. The first-order valence-electron chi connectivity index (χ1n) is 15.3. The second kappa shape index (κ2) is 12.0. The van der Waals surface area contributed by atoms with E-state index >= 15 is 0 Å². The molecule has 2 aromatic rings. The summed E-state index contributed by atoms with van der Waals surface area (Å²) in [6, 6.07) is 7.34. The smallest absolute Gasteiger partial charge is 0.272 e. The van der Waals surface area contributed by atoms with Gasteiger partial charge in [-0.1, -0.05) is 30.4 Å². The van der Waals surface area contributed by atoms with E-state index in [2.05, 4.69) is 23.8 Å². The van der Waals surface area contributed by atoms with Crippen molar-refractivity contribution in [3.63, 3.8) is 0 Å². The fourth-order valence-electron chi connectivity index (χ4n) is 7.69. The summed E-state index contributed by atoms with van der Waals surface area (Å²) in [6.07, 6.45) is 14.9. The van der Waals surface area contributed by atoms with Gasteiger partial charge < -0.3 is 10.0 Å². The first-order chi connectivity index (χ1) is 22.1. The van der Waals surface area contributed by atoms with E-state index in [4.69, 9.17) is 0 Å². The molecule has 12 nitrogen and oxygen atoms in total. The lowest BCUT2D eigenvalue weighted by atomic mass is 9.84. The maximum Gasteiger partial charge on any atom is 0.272 e. The molecule has 248 valence electrons. The summed E-state index contributed by atoms with van der Waals surface area (Å²) >= 11 is 0. The Balaban J connectivity index is 1.28. The number of allylic oxidation sites excluding steroid dienone is 8. The minimum absolute atomic E-state index is 0.0133. The molecular formula is C33H37N4O8S2+. The highest BCUT2D eigenvalue weighted by Gasteiger charge is 2.55. The third kappa shape index (κ3) is 6.27. The van der Waals surface area contributed by atoms with Gasteiger partial charge in [0.15, 0.2) is 5.71 Å². The summed E-state index contributed by atoms with van der Waals surface area (Å²) in [5.74, 6) is -2.34. The van der Waals surface area contributed by atoms with E-state index in [0.717, 1.165) is 71.0 Å². The zero-order valence-electron chi connectivity index (χ0n) is 26.1. The second-order valence-electron chi connectivity index (χ2n) is 12.9. The van der Waals surface area contributed by atoms with E-state index in [1.807, 2.05) is 52.0 Å². The zero-order valence-corrected chi connectivity index (χ0v) is 27.7. The summed E-state index contributed by atoms with van der Waals surface area (Å²) in [7, 11) is -8.81. The number of β-amino-alcohol motifs (C(OH)–C–C–N with tert-alkyl or cyclic N) is 1. The van der Waals surface area contributed by atoms with Crippen molar-refractivity contribution in [1.29, 1.82) is 0 Å². The zero-order chi connectivity index (χ0) is 33.8. The van der Waals surface area contributed by atoms with E-state index in [1.165, 1.54) is 0 Å². The molecule has 0 saturated heterocycles. The Morgan fingerprint density at radius 1 is 0.979 bits per heavy atom. The van der Waals surface area contributed by atoms with Gasteiger partial charge in [0, 0.05) is 29.7 Å². The lowest BCUT2D eigenvalue weighted by molar-refractivity contribution is -0.425. The maximum atomic E-state index is 12.6. The third-order valence-electron chi connectivity index (χ3n) is 9.47. The third-order valence-corrected chi connectivity index (χ3v) is 11.0. The molecule has 3 unspecified atom stereocenters. The molecule has 3 N–H and O–H groups in total. The lowest BCUT2D eigenvalue weighted by Crippen LogP contribution is -2.36. The molecule has 0 radical (unpaired) electrons. The van der Waals surface area contributed by atoms with E-state index in [-0.39, 0.29) is 13.1 Å². The highest BCUT2D eigenvalue weighted by atomic mass is 32.2. The van der Waals surface area contributed by atoms with Crippen LogP contribution in [-0.2, 0) is 35.9 Å². The molecular weight excluding hydrogens is 645 g/mol. The molecule has 4 heterocycles. The number of rotatable bonds is 11. The van der Waals surface area contributed by atoms with Crippen LogP contribution in [0.25, 0.3) is 0 Å². The largest absolute Gasteiger partial charge is 0.390 e. The molecule has 2 aromatic heterocycles. The number of aliphatic hydroxyl groups is 1. The molecule has 2 aliphatic heterocycles. The maximum absolute atomic E-state index is 12.6. The number of fused-ring (bicyclic) bond motifs is 6. The number of aliphatic hydroxyl groups excluding tert-OH is 1. The monoisotopic (exact) mass is 681 g/mol. The molecule has 1 fully saturated rings. The Kier molecular flexibility index (Phi) is 8.46. The lowest BCUT2D eigenvalue weighted by Gasteiger charge is -2.27. The van der Waals surface area contributed by atoms with Crippen molar-refractivity contribution in [3.8, 4) is 0 Å². The fourth-order valence-corrected chi connectivity index (χ4v) is 8.78. The van der Waals surface area contributed by atoms with Crippen molar-refractivity contribution in [3.05, 3.63) is 95.3 Å². The van der Waals surface area contributed by atoms with Gasteiger partial charge in [-0.25, -0.2) is 0 Å². The molecule has 47 heavy (non-hydrogen) atoms. The van der Waals surface area contributed by atoms with Crippen LogP contribution in [0.2, 0.25) is 0 Å². The van der Waals surface area contributed by atoms with Gasteiger partial charge in [0.2, 0.25) is 18.0 Å². The number of ketones is 1. The quantitative estimate of drug-likeness (QED) is 0.180. The molecule has 4 aliphatic rings. The number of aromatic nitrogens is 2. The predicted octanol–water partition coefficient (Wildman–Crippen LogP) is 3.20. The van der Waals surface area contributed by atoms with Crippen LogP contribution in [0.3, 0.4) is 0 Å². The summed E-state index contributed by atoms with van der Waals surface area (Å²) < 4.78 is 66.0. The molecule has 0 aromatic carbocycles. The highest BCUT2D eigenvalue weighted by molar-refractivity contribution is 7.86. The molecule has 2 aliphatic carbocycles. The number of nitrogens with zero attached hydrogens (tertiary/aromatic N) is 4. The molecule has 14 heteroatoms. The van der Waals surface area contributed by atoms with Crippen molar-refractivity contribution < 1.29 is 40.4 Å². The van der Waals surface area contributed by atoms with Gasteiger partial charge >= 0.3 is 0 Å². The van der Waals surface area contributed by atoms with E-state index in [1.54, 1.807) is 24.5 Å². The number of carbonyl (C=O) groups is 1. The molecule has 6 rings (SSSR count). The van der Waals surface area contributed by atoms with Crippen LogP contribution < -0.4 is 4.90 Å². The number of carbonyl (C=O) groups excluding carboxylic acids is 1. The van der Waals surface area contributed by atoms with Gasteiger partial charge in [0.1, 0.15) is 22.6 Å². The number of Topliss-reactive ketones (excluding diaryl/α,β-unsaturated/α-hetero) is 1. The van der Waals surface area contributed by atoms with Crippen molar-refractivity contribution in [2.75, 3.05) is 29.5 Å². The number of hydrogen-bond donors (Lipinski definition) is 3. The minimum atomic E-state index is -4.45. The van der Waals surface area contributed by atoms with Crippen LogP contribution in [0.1, 0.15) is 50.9 Å². The molecule has 1 saturated carbocycles. The SMILES string of the molecule is CC12CCC(C=CC=CC=C3CCC4(C)C3=[N+](CC(=O)CS(=O)(=O)O)c3cccnc34)=C1N(CC(O)CS(=O)(=O)O)c1cccnc12. The van der Waals surface area contributed by atoms with Crippen LogP contribution in [0.15, 0.2) is 83.9 Å². The van der Waals surface area contributed by atoms with Crippen LogP contribution in [0.5, 0.6) is 0 Å². The normalized spacial score (nSPS) is 25.3. The fraction of sp³-hybridized carbons (Fsp3) is 0.394. The molecule has 0 bridgehead atoms. The average Bonchev–Trinajstić information content (AvgIpc) is 3.63. The van der Waals surface area contributed by atoms with Crippen molar-refractivity contribution in [1.82, 2.24) is 9.97 Å². The van der Waals surface area contributed by atoms with Crippen LogP contribution in [0, 0.1) is 0 Å². The standard InChI is InChI=1S/C33H36N4O8S2/c1-32-14-12-22(30(32)36(18-24(38)20-46(40,41)42)26-10-6-16-34-28(26)32)8-4-3-5-9-23-13-15-33(2)29-27(11-7-17-35-29)37(31(23)33)19-25(39)21-47(43,44)45/h3-11,16-17,24,38H,12-15,18-21H2,1-2H3,(H-,40,41,42,43,44,45)/p+1. The first-order valence-corrected chi connectivity index (χ1v) is 18.5. The van der Waals surface area contributed by atoms with E-state index < -0.39 is 54.5 Å². The summed E-state index contributed by atoms with van der Waals surface area (Å²) in [4.78, 5) is 23.8. The van der Waals surface area contributed by atoms with Gasteiger partial charge in [0.25, 0.3) is 20.2 Å². The van der Waals surface area contributed by atoms with Gasteiger partial charge in [-0.15, -0.1) is 0 Å². The molecule has 3 atom stereocenters. The Bertz CT molecular complexity index is 2030. The first kappa shape index (κ1) is 33.1. The summed E-state index contributed by atoms with van der Waals surface area (Å²) in [5.41, 5.74) is 6.28. The summed E-state index contributed by atoms with van der Waals surface area (Å²) in [5, 5.41) is 10.5. The van der Waals surface area contributed by atoms with Gasteiger partial charge in [-0.3, -0.25) is 23.9 Å². The van der Waals surface area contributed by atoms with Crippen molar-refractivity contribution >= 4 is 43.1 Å². The average molecular weight is 682 g/mol. The van der Waals surface area contributed by atoms with Gasteiger partial charge in [-0.2, -0.15) is 21.4 Å². The Morgan fingerprint density at radius 2 is 1.68 bits per heavy atom. The van der Waals surface area contributed by atoms with Crippen LogP contribution in [-0.4, -0.2) is 87.8 Å². The van der Waals surface area contributed by atoms with Gasteiger partial charge in [0.05, 0.1) is 29.4 Å². The second-order valence-corrected chi connectivity index (χ2v) is 15.9. The Morgan fingerprint density at radius 3 is 2.40 bits per heavy atom. The number of hydrogen-bond acceptors (Lipinski definition) is 9. The highest BCUT2D eigenvalue weighted by Crippen LogP contribution is 2.55. The van der Waals surface area contributed by atoms with E-state index in [9.17, 15) is 35.8 Å². The Hall–Kier alpha value is -3.82. The van der Waals surface area contributed by atoms with Gasteiger partial charge in [-0.05, 0) is 63.3 Å². The molecule has 0 spiro atoms. The topological polar surface area (TPSA) is 178 Å². The number of anilines is 1. The van der Waals surface area contributed by atoms with Crippen LogP contribution in [0.4, 0.5) is 11.4 Å². The number of pyridine rings is 2. The van der Waals surface area contributed by atoms with Crippen LogP contribution >= 0.6 is 0 Å². The summed E-state index contributed by atoms with van der Waals surface area (Å²) in [6.45, 7) is 3.96. The minimum Gasteiger partial charge on any atom is -0.390 e.